The molecule has 0 aromatic heterocycles. The van der Waals surface area contributed by atoms with Crippen LogP contribution in [-0.2, 0) is 43.4 Å². The number of primary amides is 1. The highest BCUT2D eigenvalue weighted by Crippen LogP contribution is 2.45. The summed E-state index contributed by atoms with van der Waals surface area (Å²) in [4.78, 5) is 51.7. The first kappa shape index (κ1) is 60.3. The number of ether oxygens (including phenoxy) is 2. The first-order valence-electron chi connectivity index (χ1n) is 21.4. The molecule has 0 radical (unpaired) electrons. The Bertz CT molecular complexity index is 1440. The molecule has 0 bridgehead atoms. The molecule has 16 nitrogen and oxygen atoms in total. The largest absolute Gasteiger partial charge is 0.516 e. The molecule has 1 aromatic rings. The van der Waals surface area contributed by atoms with Gasteiger partial charge in [-0.3, -0.25) is 30.0 Å². The lowest BCUT2D eigenvalue weighted by molar-refractivity contribution is -0.176. The first-order valence-corrected chi connectivity index (χ1v) is 21.9. The number of nitrogens with one attached hydrogen (secondary N) is 2. The third-order valence-corrected chi connectivity index (χ3v) is 11.1. The number of carbonyl (C=O) groups is 4. The topological polar surface area (TPSA) is 242 Å². The summed E-state index contributed by atoms with van der Waals surface area (Å²) in [7, 11) is 5.98. The van der Waals surface area contributed by atoms with Crippen LogP contribution in [0.4, 0.5) is 4.79 Å². The van der Waals surface area contributed by atoms with Crippen LogP contribution in [0.15, 0.2) is 36.0 Å². The zero-order valence-corrected chi connectivity index (χ0v) is 40.5. The normalized spacial score (nSPS) is 21.0. The van der Waals surface area contributed by atoms with Crippen LogP contribution in [0.2, 0.25) is 0 Å². The number of hydrogen-bond donors (Lipinski definition) is 8. The van der Waals surface area contributed by atoms with E-state index < -0.39 is 17.7 Å². The van der Waals surface area contributed by atoms with Crippen molar-refractivity contribution >= 4 is 43.7 Å². The summed E-state index contributed by atoms with van der Waals surface area (Å²) < 4.78 is 11.3. The number of hydrogen-bond acceptors (Lipinski definition) is 13. The maximum atomic E-state index is 12.3. The Labute approximate surface area is 378 Å². The van der Waals surface area contributed by atoms with Crippen molar-refractivity contribution in [3.05, 3.63) is 47.7 Å². The number of alkyl carbamates (subject to hydrolysis) is 1. The Morgan fingerprint density at radius 2 is 1.69 bits per heavy atom. The van der Waals surface area contributed by atoms with Crippen LogP contribution >= 0.6 is 12.6 Å². The van der Waals surface area contributed by atoms with Crippen LogP contribution in [0.25, 0.3) is 0 Å². The zero-order valence-electron chi connectivity index (χ0n) is 39.6. The van der Waals surface area contributed by atoms with Gasteiger partial charge in [0.25, 0.3) is 0 Å². The van der Waals surface area contributed by atoms with Crippen molar-refractivity contribution in [2.75, 3.05) is 40.9 Å². The molecule has 1 saturated heterocycles. The average Bonchev–Trinajstić information content (AvgIpc) is 4.06. The number of amidine groups is 1. The van der Waals surface area contributed by atoms with Gasteiger partial charge in [0, 0.05) is 44.0 Å². The fourth-order valence-corrected chi connectivity index (χ4v) is 7.05. The summed E-state index contributed by atoms with van der Waals surface area (Å²) in [6, 6.07) is 6.94. The van der Waals surface area contributed by atoms with Gasteiger partial charge >= 0.3 is 6.09 Å². The third-order valence-electron chi connectivity index (χ3n) is 10.6. The van der Waals surface area contributed by atoms with Gasteiger partial charge in [0.15, 0.2) is 0 Å². The van der Waals surface area contributed by atoms with Gasteiger partial charge in [-0.25, -0.2) is 4.79 Å². The van der Waals surface area contributed by atoms with Gasteiger partial charge in [-0.15, -0.1) is 0 Å². The molecule has 17 heteroatoms. The minimum absolute atomic E-state index is 0.250. The lowest BCUT2D eigenvalue weighted by atomic mass is 9.77. The Morgan fingerprint density at radius 3 is 2.08 bits per heavy atom. The molecular formula is C45H83N7O9S. The van der Waals surface area contributed by atoms with E-state index in [9.17, 15) is 14.4 Å². The quantitative estimate of drug-likeness (QED) is 0.0161. The number of amides is 3. The van der Waals surface area contributed by atoms with Crippen molar-refractivity contribution in [1.82, 2.24) is 20.4 Å². The number of aliphatic imine (C=N–C) groups is 1. The number of nitrogens with two attached hydrogens (primary N) is 2. The van der Waals surface area contributed by atoms with Crippen molar-refractivity contribution < 1.29 is 44.3 Å². The lowest BCUT2D eigenvalue weighted by Crippen LogP contribution is -2.49. The number of aryl methyl sites for hydroxylation is 1. The standard InChI is InChI=1S/C25H40N2O4.C8H15N3O.C6H13N.C3H6S.C2H4O.CH3NO.H2O2/c1-24(2,3)21(16-28)22(26-23(29)31-25(4,5)6)17-30-13-9-12-18-10-8-11-19-14-27(7)15-20(18)19;1-3-6-4-8(6,11-5-12)7(9)10-2;1-6-4-3-5-7(6)2;4-3-1-2-3;1-2-3;2-1-3;1-2/h8,10-11,16,21-22H,9,12-15,17H2,1-7H3,(H,26,29);5-6H,3-4H2,1-2H3,(H2,9,10)(H,11,12);6H,3-5H2,1-2H3;3-4H,1-2H2;2-3H,1H2;1H,(H2,2,3);1-2H/t21-,22?;6-,8?;;;;;/m01...../s1. The van der Waals surface area contributed by atoms with E-state index in [0.717, 1.165) is 62.6 Å². The summed E-state index contributed by atoms with van der Waals surface area (Å²) in [6.07, 6.45) is 11.4. The molecule has 3 unspecified atom stereocenters. The number of benzene rings is 1. The zero-order chi connectivity index (χ0) is 48.1. The molecule has 1 aromatic carbocycles. The van der Waals surface area contributed by atoms with E-state index in [1.165, 1.54) is 48.9 Å². The molecule has 358 valence electrons. The van der Waals surface area contributed by atoms with Gasteiger partial charge < -0.3 is 46.4 Å². The molecule has 3 fully saturated rings. The van der Waals surface area contributed by atoms with Crippen LogP contribution in [-0.4, -0.2) is 126 Å². The van der Waals surface area contributed by atoms with E-state index in [2.05, 4.69) is 96.5 Å². The minimum Gasteiger partial charge on any atom is -0.516 e. The van der Waals surface area contributed by atoms with Crippen molar-refractivity contribution in [3.63, 3.8) is 0 Å². The fourth-order valence-electron chi connectivity index (χ4n) is 6.90. The maximum absolute atomic E-state index is 12.3. The predicted octanol–water partition coefficient (Wildman–Crippen LogP) is 6.21. The number of aliphatic hydroxyl groups excluding tert-OH is 1. The van der Waals surface area contributed by atoms with E-state index in [1.807, 2.05) is 41.5 Å². The molecule has 9 N–H and O–H groups in total. The summed E-state index contributed by atoms with van der Waals surface area (Å²) in [5, 5.41) is 25.7. The molecule has 2 aliphatic heterocycles. The lowest BCUT2D eigenvalue weighted by Gasteiger charge is -2.34. The summed E-state index contributed by atoms with van der Waals surface area (Å²) >= 11 is 4.08. The molecular weight excluding hydrogens is 815 g/mol. The van der Waals surface area contributed by atoms with Crippen molar-refractivity contribution in [2.24, 2.45) is 33.7 Å². The van der Waals surface area contributed by atoms with Crippen molar-refractivity contribution in [2.45, 2.75) is 148 Å². The number of fused-ring (bicyclic) bond motifs is 1. The van der Waals surface area contributed by atoms with Crippen LogP contribution in [0.1, 0.15) is 117 Å². The summed E-state index contributed by atoms with van der Waals surface area (Å²) in [5.74, 6) is 0.626. The third kappa shape index (κ3) is 24.8. The number of aliphatic hydroxyl groups is 1. The molecule has 3 amide bonds. The van der Waals surface area contributed by atoms with Gasteiger partial charge in [0.2, 0.25) is 12.8 Å². The molecule has 4 aliphatic rings. The van der Waals surface area contributed by atoms with Gasteiger partial charge in [0.1, 0.15) is 17.7 Å². The Balaban J connectivity index is 0. The highest BCUT2D eigenvalue weighted by atomic mass is 32.1. The SMILES string of the molecule is C=CO.CC1CCCN1C.CC[C@@H]1CC1(NC=O)C(N)=NC.CN1Cc2cccc(CCCOCC(NC(=O)OC(C)(C)C)[C@H](C=O)C(C)(C)C)c2C1.NC=O.OO.SC1CC1. The summed E-state index contributed by atoms with van der Waals surface area (Å²) in [6.45, 7) is 22.9. The number of carbonyl (C=O) groups excluding carboxylic acids is 4. The Hall–Kier alpha value is -3.74. The van der Waals surface area contributed by atoms with Crippen LogP contribution in [0.5, 0.6) is 0 Å². The van der Waals surface area contributed by atoms with Gasteiger partial charge in [-0.05, 0) is 121 Å². The molecule has 2 heterocycles. The van der Waals surface area contributed by atoms with Gasteiger partial charge in [0.05, 0.1) is 24.4 Å². The van der Waals surface area contributed by atoms with E-state index >= 15 is 0 Å². The fraction of sp³-hybridized carbons (Fsp3) is 0.711. The Morgan fingerprint density at radius 1 is 1.11 bits per heavy atom. The number of likely N-dealkylation sites (tertiary alicyclic amines) is 1. The van der Waals surface area contributed by atoms with E-state index in [-0.39, 0.29) is 29.9 Å². The molecule has 5 rings (SSSR count). The van der Waals surface area contributed by atoms with E-state index in [4.69, 9.17) is 35.6 Å². The second-order valence-electron chi connectivity index (χ2n) is 17.9. The summed E-state index contributed by atoms with van der Waals surface area (Å²) in [5.41, 5.74) is 12.9. The van der Waals surface area contributed by atoms with Crippen molar-refractivity contribution in [1.29, 1.82) is 0 Å². The van der Waals surface area contributed by atoms with Crippen LogP contribution in [0.3, 0.4) is 0 Å². The average molecular weight is 898 g/mol. The highest BCUT2D eigenvalue weighted by molar-refractivity contribution is 7.81. The van der Waals surface area contributed by atoms with Crippen LogP contribution < -0.4 is 22.1 Å². The molecule has 5 atom stereocenters. The predicted molar refractivity (Wildman–Crippen MR) is 252 cm³/mol. The highest BCUT2D eigenvalue weighted by Gasteiger charge is 2.56. The Kier molecular flexibility index (Phi) is 31.1. The second-order valence-corrected chi connectivity index (χ2v) is 18.6. The van der Waals surface area contributed by atoms with Crippen LogP contribution in [0, 0.1) is 17.3 Å². The number of thiol groups is 1. The molecule has 62 heavy (non-hydrogen) atoms. The van der Waals surface area contributed by atoms with E-state index in [1.54, 1.807) is 7.05 Å². The van der Waals surface area contributed by atoms with Gasteiger partial charge in [-0.1, -0.05) is 58.9 Å². The van der Waals surface area contributed by atoms with E-state index in [0.29, 0.717) is 24.8 Å². The van der Waals surface area contributed by atoms with Crippen molar-refractivity contribution in [3.8, 4) is 0 Å². The minimum atomic E-state index is -0.599. The first-order chi connectivity index (χ1) is 29.1. The van der Waals surface area contributed by atoms with Gasteiger partial charge in [-0.2, -0.15) is 12.6 Å². The number of rotatable bonds is 13. The molecule has 2 aliphatic carbocycles. The number of aldehydes is 1. The monoisotopic (exact) mass is 898 g/mol. The molecule has 0 spiro atoms. The number of nitrogens with zero attached hydrogens (tertiary/aromatic N) is 3. The second kappa shape index (κ2) is 32.0. The smallest absolute Gasteiger partial charge is 0.407 e. The maximum Gasteiger partial charge on any atom is 0.407 e. The molecule has 2 saturated carbocycles.